The van der Waals surface area contributed by atoms with Crippen molar-refractivity contribution in [2.75, 3.05) is 71.1 Å². The molecular weight excluding hydrogens is 983 g/mol. The third-order valence-corrected chi connectivity index (χ3v) is 13.3. The summed E-state index contributed by atoms with van der Waals surface area (Å²) in [5.41, 5.74) is 9.24. The highest BCUT2D eigenvalue weighted by Crippen LogP contribution is 2.49. The van der Waals surface area contributed by atoms with Crippen molar-refractivity contribution < 1.29 is 54.8 Å². The van der Waals surface area contributed by atoms with Crippen molar-refractivity contribution in [2.45, 2.75) is 84.0 Å². The van der Waals surface area contributed by atoms with Crippen molar-refractivity contribution in [1.29, 1.82) is 0 Å². The molecule has 3 heterocycles. The summed E-state index contributed by atoms with van der Waals surface area (Å²) in [5, 5.41) is 4.06. The smallest absolute Gasteiger partial charge is 0.305 e. The van der Waals surface area contributed by atoms with Gasteiger partial charge in [-0.05, 0) is 99.3 Å². The number of carbonyl (C=O) groups is 1. The molecule has 4 aromatic carbocycles. The second kappa shape index (κ2) is 26.2. The molecular formula is C60H70BrN5O7. The molecule has 0 spiro atoms. The van der Waals surface area contributed by atoms with Crippen molar-refractivity contribution in [3.8, 4) is 35.3 Å². The maximum atomic E-state index is 12.9. The molecule has 5 aromatic rings. The number of terminal acetylenes is 1. The summed E-state index contributed by atoms with van der Waals surface area (Å²) >= 11 is 0. The molecule has 0 amide bonds. The Morgan fingerprint density at radius 1 is 0.781 bits per heavy atom. The number of ether oxygens (including phenoxy) is 6. The van der Waals surface area contributed by atoms with E-state index in [2.05, 4.69) is 138 Å². The Bertz CT molecular complexity index is 2910. The standard InChI is InChI=1S/C60H70N5O7.BrH/c1-10-12-31-64-51-29-27-45(68-8)38-48(51)59(3,4)55(64)24-17-14-13-15-18-25-56-60(5,6)49-39-46(69-9)28-30-52(49)65(56)32-20-16-19-26-57(66)72-36-35-71-53-40-47-50(41-54(53)70-34-33-67-7)61-42-62-58(47)63-44-23-21-22-43(11-2)37-44;/h2,13-15,17-18,21-25,27-30,37-42H,10,12,16,19-20,26,31-36H2,1,3-9H3,(H,61,62,63);1H/q+1;/p-1. The number of anilines is 3. The summed E-state index contributed by atoms with van der Waals surface area (Å²) in [6.45, 7) is 14.1. The summed E-state index contributed by atoms with van der Waals surface area (Å²) in [7, 11) is 5.05. The number of carbonyl (C=O) groups excluding carboxylic acids is 1. The first-order valence-electron chi connectivity index (χ1n) is 25.0. The molecule has 0 atom stereocenters. The molecule has 0 bridgehead atoms. The van der Waals surface area contributed by atoms with Crippen LogP contribution in [-0.2, 0) is 25.1 Å². The number of rotatable bonds is 25. The molecule has 0 saturated carbocycles. The fourth-order valence-electron chi connectivity index (χ4n) is 9.39. The average molecular weight is 1050 g/mol. The minimum Gasteiger partial charge on any atom is -1.00 e. The molecule has 12 nitrogen and oxygen atoms in total. The lowest BCUT2D eigenvalue weighted by Crippen LogP contribution is -3.00. The Labute approximate surface area is 442 Å². The molecule has 73 heavy (non-hydrogen) atoms. The fourth-order valence-corrected chi connectivity index (χ4v) is 9.39. The van der Waals surface area contributed by atoms with E-state index >= 15 is 0 Å². The number of nitrogens with zero attached hydrogens (tertiary/aromatic N) is 4. The maximum absolute atomic E-state index is 12.9. The second-order valence-electron chi connectivity index (χ2n) is 18.8. The number of hydrogen-bond acceptors (Lipinski definition) is 11. The highest BCUT2D eigenvalue weighted by Gasteiger charge is 2.44. The molecule has 2 aliphatic rings. The first-order chi connectivity index (χ1) is 34.9. The Balaban J connectivity index is 0.00000869. The predicted octanol–water partition coefficient (Wildman–Crippen LogP) is 9.11. The van der Waals surface area contributed by atoms with E-state index in [4.69, 9.17) is 34.8 Å². The Kier molecular flexibility index (Phi) is 19.9. The van der Waals surface area contributed by atoms with Crippen LogP contribution in [0.1, 0.15) is 89.8 Å². The topological polar surface area (TPSA) is 117 Å². The largest absolute Gasteiger partial charge is 1.00 e. The van der Waals surface area contributed by atoms with Gasteiger partial charge in [0.15, 0.2) is 17.2 Å². The van der Waals surface area contributed by atoms with Crippen LogP contribution in [0, 0.1) is 12.3 Å². The van der Waals surface area contributed by atoms with Gasteiger partial charge >= 0.3 is 5.97 Å². The van der Waals surface area contributed by atoms with E-state index in [1.165, 1.54) is 40.2 Å². The van der Waals surface area contributed by atoms with Gasteiger partial charge in [0.05, 0.1) is 31.8 Å². The average Bonchev–Trinajstić information content (AvgIpc) is 3.73. The zero-order valence-electron chi connectivity index (χ0n) is 43.6. The summed E-state index contributed by atoms with van der Waals surface area (Å²) in [4.78, 5) is 24.4. The van der Waals surface area contributed by atoms with Crippen LogP contribution in [0.3, 0.4) is 0 Å². The number of allylic oxidation sites excluding steroid dienone is 8. The minimum atomic E-state index is -0.263. The van der Waals surface area contributed by atoms with E-state index in [0.717, 1.165) is 66.9 Å². The van der Waals surface area contributed by atoms with Crippen LogP contribution in [0.2, 0.25) is 0 Å². The van der Waals surface area contributed by atoms with Gasteiger partial charge < -0.3 is 55.6 Å². The Hall–Kier alpha value is -6.88. The van der Waals surface area contributed by atoms with E-state index in [9.17, 15) is 4.79 Å². The van der Waals surface area contributed by atoms with Gasteiger partial charge in [-0.2, -0.15) is 4.58 Å². The lowest BCUT2D eigenvalue weighted by molar-refractivity contribution is -0.438. The predicted molar refractivity (Wildman–Crippen MR) is 289 cm³/mol. The van der Waals surface area contributed by atoms with Gasteiger partial charge in [0.2, 0.25) is 5.69 Å². The van der Waals surface area contributed by atoms with Crippen LogP contribution in [0.5, 0.6) is 23.0 Å². The van der Waals surface area contributed by atoms with Crippen molar-refractivity contribution >= 4 is 45.5 Å². The third kappa shape index (κ3) is 13.4. The fraction of sp³-hybridized carbons (Fsp3) is 0.367. The highest BCUT2D eigenvalue weighted by atomic mass is 79.9. The molecule has 0 fully saturated rings. The highest BCUT2D eigenvalue weighted by molar-refractivity contribution is 6.03. The van der Waals surface area contributed by atoms with Crippen LogP contribution in [0.25, 0.3) is 10.9 Å². The van der Waals surface area contributed by atoms with E-state index < -0.39 is 0 Å². The summed E-state index contributed by atoms with van der Waals surface area (Å²) in [6, 6.07) is 23.9. The molecule has 2 aliphatic heterocycles. The number of benzene rings is 4. The van der Waals surface area contributed by atoms with Crippen LogP contribution in [0.4, 0.5) is 22.9 Å². The Morgan fingerprint density at radius 3 is 2.26 bits per heavy atom. The lowest BCUT2D eigenvalue weighted by Gasteiger charge is -2.26. The quantitative estimate of drug-likeness (QED) is 0.0199. The van der Waals surface area contributed by atoms with Gasteiger partial charge in [-0.25, -0.2) is 9.97 Å². The SMILES string of the molecule is C#Cc1cccc(Nc2ncnc3cc(OCCOC)c(OCCOC(=O)CCCCC[N+]4=C(/C=C/C=C/C=C/C=C5/N(CCCC)c6ccc(OC)cc6C5(C)C)C(C)(C)c5cc(OC)ccc54)cc23)c1.[Br-]. The van der Waals surface area contributed by atoms with Gasteiger partial charge in [-0.1, -0.05) is 69.6 Å². The van der Waals surface area contributed by atoms with E-state index in [1.54, 1.807) is 27.4 Å². The van der Waals surface area contributed by atoms with Crippen molar-refractivity contribution in [3.63, 3.8) is 0 Å². The zero-order chi connectivity index (χ0) is 51.1. The van der Waals surface area contributed by atoms with E-state index in [1.807, 2.05) is 36.4 Å². The number of methoxy groups -OCH3 is 3. The van der Waals surface area contributed by atoms with Crippen LogP contribution < -0.4 is 46.1 Å². The zero-order valence-corrected chi connectivity index (χ0v) is 45.2. The molecule has 13 heteroatoms. The van der Waals surface area contributed by atoms with Gasteiger partial charge in [0, 0.05) is 83.7 Å². The van der Waals surface area contributed by atoms with Crippen molar-refractivity contribution in [2.24, 2.45) is 0 Å². The number of unbranched alkanes of at least 4 members (excludes halogenated alkanes) is 3. The first-order valence-corrected chi connectivity index (χ1v) is 25.0. The number of esters is 1. The molecule has 7 rings (SSSR count). The van der Waals surface area contributed by atoms with Crippen molar-refractivity contribution in [3.05, 3.63) is 144 Å². The van der Waals surface area contributed by atoms with E-state index in [0.29, 0.717) is 48.9 Å². The Morgan fingerprint density at radius 2 is 1.51 bits per heavy atom. The molecule has 1 N–H and O–H groups in total. The van der Waals surface area contributed by atoms with Gasteiger partial charge in [-0.15, -0.1) is 6.42 Å². The first kappa shape index (κ1) is 55.4. The molecule has 0 saturated heterocycles. The lowest BCUT2D eigenvalue weighted by atomic mass is 9.81. The number of fused-ring (bicyclic) bond motifs is 3. The van der Waals surface area contributed by atoms with Crippen LogP contribution in [-0.4, -0.2) is 87.1 Å². The van der Waals surface area contributed by atoms with E-state index in [-0.39, 0.29) is 47.0 Å². The van der Waals surface area contributed by atoms with Crippen molar-refractivity contribution in [1.82, 2.24) is 9.97 Å². The molecule has 384 valence electrons. The number of aromatic nitrogens is 2. The van der Waals surface area contributed by atoms with Gasteiger partial charge in [0.25, 0.3) is 0 Å². The van der Waals surface area contributed by atoms with Crippen LogP contribution >= 0.6 is 0 Å². The minimum absolute atomic E-state index is 0. The third-order valence-electron chi connectivity index (χ3n) is 13.3. The van der Waals surface area contributed by atoms with Crippen LogP contribution in [0.15, 0.2) is 127 Å². The second-order valence-corrected chi connectivity index (χ2v) is 18.8. The van der Waals surface area contributed by atoms with Gasteiger partial charge in [-0.3, -0.25) is 4.79 Å². The monoisotopic (exact) mass is 1050 g/mol. The molecule has 0 aliphatic carbocycles. The van der Waals surface area contributed by atoms with Gasteiger partial charge in [0.1, 0.15) is 50.0 Å². The number of halogens is 1. The summed E-state index contributed by atoms with van der Waals surface area (Å²) < 4.78 is 36.7. The maximum Gasteiger partial charge on any atom is 0.305 e. The molecule has 0 radical (unpaired) electrons. The number of nitrogens with one attached hydrogen (secondary N) is 1. The summed E-state index contributed by atoms with van der Waals surface area (Å²) in [6.07, 6.45) is 27.2. The number of hydrogen-bond donors (Lipinski definition) is 1. The molecule has 0 unspecified atom stereocenters. The molecule has 1 aromatic heterocycles. The summed E-state index contributed by atoms with van der Waals surface area (Å²) in [5.74, 6) is 5.66. The normalized spacial score (nSPS) is 14.9.